The predicted octanol–water partition coefficient (Wildman–Crippen LogP) is 0.918. The molecule has 0 aromatic carbocycles. The van der Waals surface area contributed by atoms with Crippen molar-refractivity contribution in [3.63, 3.8) is 0 Å². The highest BCUT2D eigenvalue weighted by atomic mass is 16.6. The summed E-state index contributed by atoms with van der Waals surface area (Å²) in [7, 11) is 0. The van der Waals surface area contributed by atoms with Crippen LogP contribution in [0, 0.1) is 0 Å². The maximum Gasteiger partial charge on any atom is 0.430 e. The number of hydroxylamine groups is 1. The van der Waals surface area contributed by atoms with E-state index in [-0.39, 0.29) is 0 Å². The molecule has 0 aromatic heterocycles. The third kappa shape index (κ3) is 7.97. The molecule has 0 bridgehead atoms. The van der Waals surface area contributed by atoms with Crippen LogP contribution >= 0.6 is 0 Å². The van der Waals surface area contributed by atoms with E-state index < -0.39 is 41.4 Å². The summed E-state index contributed by atoms with van der Waals surface area (Å²) in [6.07, 6.45) is -3.58. The summed E-state index contributed by atoms with van der Waals surface area (Å²) in [5.41, 5.74) is 1.60. The average Bonchev–Trinajstić information content (AvgIpc) is 2.32. The molecule has 0 aromatic rings. The van der Waals surface area contributed by atoms with E-state index in [2.05, 4.69) is 5.43 Å². The molecule has 2 atom stereocenters. The number of carbonyl (C=O) groups is 3. The quantitative estimate of drug-likeness (QED) is 0.439. The number of aliphatic hydroxyl groups excluding tert-OH is 1. The number of hydrogen-bond donors (Lipinski definition) is 4. The molecule has 0 radical (unpaired) electrons. The second-order valence-electron chi connectivity index (χ2n) is 7.13. The van der Waals surface area contributed by atoms with Crippen LogP contribution in [-0.2, 0) is 14.3 Å². The van der Waals surface area contributed by atoms with Crippen LogP contribution in [0.3, 0.4) is 0 Å². The lowest BCUT2D eigenvalue weighted by Gasteiger charge is -2.33. The third-order valence-electron chi connectivity index (χ3n) is 2.31. The average molecular weight is 349 g/mol. The smallest absolute Gasteiger partial charge is 0.430 e. The minimum Gasteiger partial charge on any atom is -0.443 e. The summed E-state index contributed by atoms with van der Waals surface area (Å²) in [6.45, 7) is 10.8. The molecule has 0 unspecified atom stereocenters. The van der Waals surface area contributed by atoms with Crippen molar-refractivity contribution in [2.75, 3.05) is 0 Å². The molecule has 10 heteroatoms. The second-order valence-corrected chi connectivity index (χ2v) is 7.13. The number of hydrazine groups is 1. The summed E-state index contributed by atoms with van der Waals surface area (Å²) in [5, 5.41) is 19.0. The Balaban J connectivity index is 5.53. The van der Waals surface area contributed by atoms with Gasteiger partial charge in [0.15, 0.2) is 6.04 Å². The maximum atomic E-state index is 12.3. The molecule has 0 aliphatic heterocycles. The molecule has 0 rings (SSSR count). The van der Waals surface area contributed by atoms with Crippen molar-refractivity contribution < 1.29 is 34.2 Å². The van der Waals surface area contributed by atoms with E-state index in [4.69, 9.17) is 14.7 Å². The largest absolute Gasteiger partial charge is 0.443 e. The van der Waals surface area contributed by atoms with Gasteiger partial charge in [0.05, 0.1) is 6.10 Å². The Morgan fingerprint density at radius 1 is 1.00 bits per heavy atom. The van der Waals surface area contributed by atoms with E-state index in [9.17, 15) is 19.5 Å². The van der Waals surface area contributed by atoms with Crippen LogP contribution in [0.15, 0.2) is 0 Å². The van der Waals surface area contributed by atoms with Gasteiger partial charge in [0.25, 0.3) is 5.91 Å². The Labute approximate surface area is 141 Å². The van der Waals surface area contributed by atoms with Gasteiger partial charge in [0.2, 0.25) is 0 Å². The first kappa shape index (κ1) is 21.9. The molecule has 0 fully saturated rings. The summed E-state index contributed by atoms with van der Waals surface area (Å²) in [6, 6.07) is -1.64. The SMILES string of the molecule is C[C@H](O)[C@@H](C(=O)NO)N(NC(=O)OC(C)(C)C)C(=O)OC(C)(C)C. The third-order valence-corrected chi connectivity index (χ3v) is 2.31. The van der Waals surface area contributed by atoms with Crippen LogP contribution < -0.4 is 10.9 Å². The molecular formula is C14H27N3O7. The van der Waals surface area contributed by atoms with Crippen molar-refractivity contribution in [2.24, 2.45) is 0 Å². The number of aliphatic hydroxyl groups is 1. The number of nitrogens with zero attached hydrogens (tertiary/aromatic N) is 1. The maximum absolute atomic E-state index is 12.3. The molecule has 24 heavy (non-hydrogen) atoms. The topological polar surface area (TPSA) is 137 Å². The molecule has 10 nitrogen and oxygen atoms in total. The molecule has 0 saturated carbocycles. The first-order chi connectivity index (χ1) is 10.7. The Bertz CT molecular complexity index is 466. The van der Waals surface area contributed by atoms with Crippen LogP contribution in [0.2, 0.25) is 0 Å². The Hall–Kier alpha value is -2.07. The van der Waals surface area contributed by atoms with E-state index in [0.717, 1.165) is 0 Å². The monoisotopic (exact) mass is 349 g/mol. The molecule has 0 heterocycles. The molecule has 0 saturated heterocycles. The molecular weight excluding hydrogens is 322 g/mol. The van der Waals surface area contributed by atoms with E-state index in [1.54, 1.807) is 41.5 Å². The second kappa shape index (κ2) is 8.15. The van der Waals surface area contributed by atoms with Gasteiger partial charge in [0.1, 0.15) is 11.2 Å². The van der Waals surface area contributed by atoms with Crippen LogP contribution in [0.4, 0.5) is 9.59 Å². The fourth-order valence-electron chi connectivity index (χ4n) is 1.56. The van der Waals surface area contributed by atoms with E-state index >= 15 is 0 Å². The van der Waals surface area contributed by atoms with Crippen LogP contribution in [-0.4, -0.2) is 56.8 Å². The Morgan fingerprint density at radius 2 is 1.46 bits per heavy atom. The van der Waals surface area contributed by atoms with Gasteiger partial charge in [-0.1, -0.05) is 0 Å². The number of nitrogens with one attached hydrogen (secondary N) is 2. The summed E-state index contributed by atoms with van der Waals surface area (Å²) in [4.78, 5) is 36.0. The highest BCUT2D eigenvalue weighted by Crippen LogP contribution is 2.14. The van der Waals surface area contributed by atoms with Crippen LogP contribution in [0.5, 0.6) is 0 Å². The lowest BCUT2D eigenvalue weighted by molar-refractivity contribution is -0.140. The van der Waals surface area contributed by atoms with Crippen molar-refractivity contribution >= 4 is 18.1 Å². The lowest BCUT2D eigenvalue weighted by Crippen LogP contribution is -2.61. The van der Waals surface area contributed by atoms with Crippen LogP contribution in [0.1, 0.15) is 48.5 Å². The Kier molecular flexibility index (Phi) is 7.45. The molecule has 0 aliphatic carbocycles. The van der Waals surface area contributed by atoms with Gasteiger partial charge in [-0.05, 0) is 48.5 Å². The summed E-state index contributed by atoms with van der Waals surface area (Å²) in [5.74, 6) is -1.12. The Morgan fingerprint density at radius 3 is 1.79 bits per heavy atom. The first-order valence-corrected chi connectivity index (χ1v) is 7.32. The fraction of sp³-hybridized carbons (Fsp3) is 0.786. The number of ether oxygens (including phenoxy) is 2. The van der Waals surface area contributed by atoms with Crippen molar-refractivity contribution in [3.05, 3.63) is 0 Å². The number of rotatable bonds is 3. The van der Waals surface area contributed by atoms with Gasteiger partial charge in [-0.15, -0.1) is 0 Å². The number of amides is 3. The van der Waals surface area contributed by atoms with Crippen molar-refractivity contribution in [3.8, 4) is 0 Å². The number of carbonyl (C=O) groups excluding carboxylic acids is 3. The van der Waals surface area contributed by atoms with Gasteiger partial charge in [-0.2, -0.15) is 0 Å². The van der Waals surface area contributed by atoms with Crippen LogP contribution in [0.25, 0.3) is 0 Å². The molecule has 0 aliphatic rings. The molecule has 140 valence electrons. The van der Waals surface area contributed by atoms with Gasteiger partial charge in [-0.25, -0.2) is 25.5 Å². The van der Waals surface area contributed by atoms with E-state index in [1.165, 1.54) is 12.4 Å². The van der Waals surface area contributed by atoms with E-state index in [0.29, 0.717) is 5.01 Å². The highest BCUT2D eigenvalue weighted by Gasteiger charge is 2.38. The zero-order valence-electron chi connectivity index (χ0n) is 15.0. The first-order valence-electron chi connectivity index (χ1n) is 7.32. The van der Waals surface area contributed by atoms with Crippen molar-refractivity contribution in [2.45, 2.75) is 71.8 Å². The zero-order chi connectivity index (χ0) is 19.3. The number of hydrogen-bond acceptors (Lipinski definition) is 7. The molecule has 3 amide bonds. The minimum absolute atomic E-state index is 0.468. The molecule has 4 N–H and O–H groups in total. The van der Waals surface area contributed by atoms with Gasteiger partial charge < -0.3 is 14.6 Å². The van der Waals surface area contributed by atoms with Gasteiger partial charge >= 0.3 is 12.2 Å². The lowest BCUT2D eigenvalue weighted by atomic mass is 10.1. The molecule has 0 spiro atoms. The fourth-order valence-corrected chi connectivity index (χ4v) is 1.56. The van der Waals surface area contributed by atoms with Crippen molar-refractivity contribution in [1.82, 2.24) is 15.9 Å². The normalized spacial score (nSPS) is 14.2. The summed E-state index contributed by atoms with van der Waals surface area (Å²) >= 11 is 0. The van der Waals surface area contributed by atoms with Crippen molar-refractivity contribution in [1.29, 1.82) is 0 Å². The minimum atomic E-state index is -1.64. The van der Waals surface area contributed by atoms with Gasteiger partial charge in [-0.3, -0.25) is 10.0 Å². The zero-order valence-corrected chi connectivity index (χ0v) is 15.0. The van der Waals surface area contributed by atoms with Gasteiger partial charge in [0, 0.05) is 0 Å². The standard InChI is InChI=1S/C14H27N3O7/c1-8(18)9(10(19)16-22)17(12(21)24-14(5,6)7)15-11(20)23-13(2,3)4/h8-9,18,22H,1-7H3,(H,15,20)(H,16,19)/t8-,9-/m0/s1. The highest BCUT2D eigenvalue weighted by molar-refractivity contribution is 5.86. The van der Waals surface area contributed by atoms with E-state index in [1.807, 2.05) is 0 Å². The summed E-state index contributed by atoms with van der Waals surface area (Å²) < 4.78 is 10.1. The predicted molar refractivity (Wildman–Crippen MR) is 82.8 cm³/mol.